The van der Waals surface area contributed by atoms with Gasteiger partial charge in [0.05, 0.1) is 23.7 Å². The third kappa shape index (κ3) is 5.71. The number of alkyl halides is 2. The number of oxazole rings is 1. The quantitative estimate of drug-likeness (QED) is 0.262. The number of Topliss-reactive ketones (excluding diaryl/α,β-unsaturated/α-hetero) is 1. The Bertz CT molecular complexity index is 1110. The summed E-state index contributed by atoms with van der Waals surface area (Å²) in [5, 5.41) is 0. The number of rotatable bonds is 9. The van der Waals surface area contributed by atoms with Crippen molar-refractivity contribution in [2.45, 2.75) is 26.4 Å². The lowest BCUT2D eigenvalue weighted by atomic mass is 10.1. The standard InChI is InChI=1S/C22H17F4NO5/c1-12-5-6-17(32-22(25)26)13(9-12)16(28)11-30-20(29)8-7-19-27-10-18(31-19)21-14(23)3-2-4-15(21)24/h2-6,9-10,22H,7-8,11H2,1H3. The molecule has 10 heteroatoms. The third-order valence-corrected chi connectivity index (χ3v) is 4.32. The van der Waals surface area contributed by atoms with Crippen LogP contribution in [0.25, 0.3) is 11.3 Å². The number of ether oxygens (including phenoxy) is 2. The van der Waals surface area contributed by atoms with Crippen LogP contribution in [-0.2, 0) is 16.0 Å². The number of aryl methyl sites for hydroxylation is 2. The maximum absolute atomic E-state index is 13.8. The van der Waals surface area contributed by atoms with E-state index in [1.165, 1.54) is 24.3 Å². The van der Waals surface area contributed by atoms with E-state index in [0.717, 1.165) is 18.3 Å². The molecule has 6 nitrogen and oxygen atoms in total. The van der Waals surface area contributed by atoms with E-state index in [2.05, 4.69) is 9.72 Å². The number of aromatic nitrogens is 1. The van der Waals surface area contributed by atoms with Crippen LogP contribution in [-0.4, -0.2) is 30.0 Å². The molecule has 0 radical (unpaired) electrons. The van der Waals surface area contributed by atoms with Crippen molar-refractivity contribution in [1.82, 2.24) is 4.98 Å². The monoisotopic (exact) mass is 451 g/mol. The molecule has 3 rings (SSSR count). The van der Waals surface area contributed by atoms with E-state index in [9.17, 15) is 27.2 Å². The van der Waals surface area contributed by atoms with Crippen molar-refractivity contribution in [2.75, 3.05) is 6.61 Å². The molecule has 1 heterocycles. The van der Waals surface area contributed by atoms with E-state index >= 15 is 0 Å². The predicted octanol–water partition coefficient (Wildman–Crippen LogP) is 4.89. The number of carbonyl (C=O) groups is 2. The Labute approximate surface area is 179 Å². The molecule has 0 unspecified atom stereocenters. The number of hydrogen-bond acceptors (Lipinski definition) is 6. The Hall–Kier alpha value is -3.69. The molecule has 0 bridgehead atoms. The third-order valence-electron chi connectivity index (χ3n) is 4.32. The number of hydrogen-bond donors (Lipinski definition) is 0. The number of halogens is 4. The fourth-order valence-electron chi connectivity index (χ4n) is 2.84. The second kappa shape index (κ2) is 10.1. The van der Waals surface area contributed by atoms with Crippen LogP contribution in [0, 0.1) is 18.6 Å². The van der Waals surface area contributed by atoms with Crippen LogP contribution in [0.3, 0.4) is 0 Å². The molecule has 168 valence electrons. The summed E-state index contributed by atoms with van der Waals surface area (Å²) in [6.45, 7) is -2.14. The molecule has 1 aromatic heterocycles. The summed E-state index contributed by atoms with van der Waals surface area (Å²) >= 11 is 0. The second-order valence-corrected chi connectivity index (χ2v) is 6.68. The largest absolute Gasteiger partial charge is 0.457 e. The van der Waals surface area contributed by atoms with Crippen LogP contribution >= 0.6 is 0 Å². The number of nitrogens with zero attached hydrogens (tertiary/aromatic N) is 1. The van der Waals surface area contributed by atoms with Gasteiger partial charge in [-0.1, -0.05) is 17.7 Å². The average Bonchev–Trinajstić information content (AvgIpc) is 3.20. The summed E-state index contributed by atoms with van der Waals surface area (Å²) in [6.07, 6.45) is 0.850. The van der Waals surface area contributed by atoms with Gasteiger partial charge in [-0.25, -0.2) is 13.8 Å². The molecule has 2 aromatic carbocycles. The maximum Gasteiger partial charge on any atom is 0.387 e. The molecular formula is C22H17F4NO5. The minimum Gasteiger partial charge on any atom is -0.457 e. The van der Waals surface area contributed by atoms with Crippen LogP contribution in [0.15, 0.2) is 47.0 Å². The van der Waals surface area contributed by atoms with E-state index in [4.69, 9.17) is 9.15 Å². The highest BCUT2D eigenvalue weighted by molar-refractivity contribution is 6.00. The highest BCUT2D eigenvalue weighted by Crippen LogP contribution is 2.27. The molecule has 0 spiro atoms. The van der Waals surface area contributed by atoms with Gasteiger partial charge < -0.3 is 13.9 Å². The zero-order valence-electron chi connectivity index (χ0n) is 16.7. The van der Waals surface area contributed by atoms with Gasteiger partial charge in [0.2, 0.25) is 5.78 Å². The van der Waals surface area contributed by atoms with E-state index < -0.39 is 36.6 Å². The molecule has 0 saturated heterocycles. The molecule has 0 saturated carbocycles. The first kappa shape index (κ1) is 23.0. The molecule has 0 N–H and O–H groups in total. The molecule has 0 fully saturated rings. The molecule has 3 aromatic rings. The number of esters is 1. The lowest BCUT2D eigenvalue weighted by Crippen LogP contribution is -2.16. The van der Waals surface area contributed by atoms with Crippen molar-refractivity contribution in [3.63, 3.8) is 0 Å². The van der Waals surface area contributed by atoms with Crippen LogP contribution in [0.1, 0.15) is 28.2 Å². The summed E-state index contributed by atoms with van der Waals surface area (Å²) in [6, 6.07) is 7.43. The van der Waals surface area contributed by atoms with E-state index in [1.54, 1.807) is 6.92 Å². The van der Waals surface area contributed by atoms with Gasteiger partial charge in [0.1, 0.15) is 17.4 Å². The number of ketones is 1. The average molecular weight is 451 g/mol. The van der Waals surface area contributed by atoms with Gasteiger partial charge in [-0.15, -0.1) is 0 Å². The van der Waals surface area contributed by atoms with Crippen LogP contribution in [0.4, 0.5) is 17.6 Å². The molecular weight excluding hydrogens is 434 g/mol. The van der Waals surface area contributed by atoms with Gasteiger partial charge in [0.15, 0.2) is 18.3 Å². The lowest BCUT2D eigenvalue weighted by molar-refractivity contribution is -0.142. The Morgan fingerprint density at radius 2 is 1.84 bits per heavy atom. The minimum atomic E-state index is -3.12. The fraction of sp³-hybridized carbons (Fsp3) is 0.227. The summed E-state index contributed by atoms with van der Waals surface area (Å²) < 4.78 is 67.2. The smallest absolute Gasteiger partial charge is 0.387 e. The summed E-state index contributed by atoms with van der Waals surface area (Å²) in [7, 11) is 0. The molecule has 0 atom stereocenters. The first-order chi connectivity index (χ1) is 15.2. The first-order valence-electron chi connectivity index (χ1n) is 9.38. The highest BCUT2D eigenvalue weighted by Gasteiger charge is 2.19. The maximum atomic E-state index is 13.8. The SMILES string of the molecule is Cc1ccc(OC(F)F)c(C(=O)COC(=O)CCc2ncc(-c3c(F)cccc3F)o2)c1. The fourth-order valence-corrected chi connectivity index (χ4v) is 2.84. The number of carbonyl (C=O) groups excluding carboxylic acids is 2. The van der Waals surface area contributed by atoms with Crippen LogP contribution in [0.5, 0.6) is 5.75 Å². The van der Waals surface area contributed by atoms with Gasteiger partial charge >= 0.3 is 12.6 Å². The summed E-state index contributed by atoms with van der Waals surface area (Å²) in [5.74, 6) is -3.55. The summed E-state index contributed by atoms with van der Waals surface area (Å²) in [4.78, 5) is 28.1. The van der Waals surface area contributed by atoms with E-state index in [1.807, 2.05) is 0 Å². The van der Waals surface area contributed by atoms with Gasteiger partial charge in [0.25, 0.3) is 0 Å². The Kier molecular flexibility index (Phi) is 7.24. The van der Waals surface area contributed by atoms with Crippen molar-refractivity contribution >= 4 is 11.8 Å². The van der Waals surface area contributed by atoms with Crippen LogP contribution in [0.2, 0.25) is 0 Å². The van der Waals surface area contributed by atoms with Crippen molar-refractivity contribution in [2.24, 2.45) is 0 Å². The predicted molar refractivity (Wildman–Crippen MR) is 103 cm³/mol. The Balaban J connectivity index is 1.56. The second-order valence-electron chi connectivity index (χ2n) is 6.68. The Morgan fingerprint density at radius 1 is 1.12 bits per heavy atom. The van der Waals surface area contributed by atoms with E-state index in [-0.39, 0.29) is 41.4 Å². The number of benzene rings is 2. The highest BCUT2D eigenvalue weighted by atomic mass is 19.3. The van der Waals surface area contributed by atoms with Crippen molar-refractivity contribution in [3.8, 4) is 17.1 Å². The zero-order chi connectivity index (χ0) is 23.3. The topological polar surface area (TPSA) is 78.6 Å². The zero-order valence-corrected chi connectivity index (χ0v) is 16.7. The van der Waals surface area contributed by atoms with Crippen molar-refractivity contribution in [1.29, 1.82) is 0 Å². The molecule has 0 aliphatic carbocycles. The van der Waals surface area contributed by atoms with Crippen molar-refractivity contribution < 1.29 is 41.0 Å². The Morgan fingerprint density at radius 3 is 2.53 bits per heavy atom. The molecule has 32 heavy (non-hydrogen) atoms. The lowest BCUT2D eigenvalue weighted by Gasteiger charge is -2.11. The van der Waals surface area contributed by atoms with Crippen LogP contribution < -0.4 is 4.74 Å². The van der Waals surface area contributed by atoms with Gasteiger partial charge in [-0.2, -0.15) is 8.78 Å². The van der Waals surface area contributed by atoms with Gasteiger partial charge in [-0.3, -0.25) is 9.59 Å². The summed E-state index contributed by atoms with van der Waals surface area (Å²) in [5.41, 5.74) is 0.119. The van der Waals surface area contributed by atoms with Crippen molar-refractivity contribution in [3.05, 3.63) is 71.2 Å². The van der Waals surface area contributed by atoms with Gasteiger partial charge in [0, 0.05) is 6.42 Å². The molecule has 0 aliphatic heterocycles. The normalized spacial score (nSPS) is 10.9. The molecule has 0 aliphatic rings. The minimum absolute atomic E-state index is 0.0391. The van der Waals surface area contributed by atoms with E-state index in [0.29, 0.717) is 5.56 Å². The van der Waals surface area contributed by atoms with Gasteiger partial charge in [-0.05, 0) is 31.2 Å². The molecule has 0 amide bonds. The first-order valence-corrected chi connectivity index (χ1v) is 9.38.